The van der Waals surface area contributed by atoms with Crippen LogP contribution in [0.2, 0.25) is 0 Å². The molecule has 0 aliphatic heterocycles. The molecule has 1 heterocycles. The summed E-state index contributed by atoms with van der Waals surface area (Å²) in [6.45, 7) is -0.370. The van der Waals surface area contributed by atoms with Gasteiger partial charge in [0.25, 0.3) is 11.8 Å². The van der Waals surface area contributed by atoms with E-state index in [1.54, 1.807) is 30.3 Å². The molecule has 0 spiro atoms. The van der Waals surface area contributed by atoms with Crippen LogP contribution in [-0.2, 0) is 9.59 Å². The smallest absolute Gasteiger partial charge is 0.336 e. The minimum absolute atomic E-state index is 0.0907. The van der Waals surface area contributed by atoms with Gasteiger partial charge in [-0.15, -0.1) is 0 Å². The monoisotopic (exact) mass is 513 g/mol. The van der Waals surface area contributed by atoms with Crippen molar-refractivity contribution in [1.82, 2.24) is 10.7 Å². The van der Waals surface area contributed by atoms with Gasteiger partial charge in [-0.1, -0.05) is 22.0 Å². The molecule has 10 heteroatoms. The first-order valence-electron chi connectivity index (χ1n) is 9.49. The SMILES string of the molecule is O=C(CNC(=O)c1cccc(F)c1)N/N=C/c1cc(Br)ccc1OC(=O)/C=C/c1ccco1. The van der Waals surface area contributed by atoms with Gasteiger partial charge in [0.05, 0.1) is 19.0 Å². The second-order valence-electron chi connectivity index (χ2n) is 6.44. The van der Waals surface area contributed by atoms with Crippen LogP contribution in [0, 0.1) is 5.82 Å². The van der Waals surface area contributed by atoms with Gasteiger partial charge in [-0.2, -0.15) is 5.10 Å². The van der Waals surface area contributed by atoms with Crippen LogP contribution in [0.5, 0.6) is 5.75 Å². The van der Waals surface area contributed by atoms with Gasteiger partial charge in [0, 0.05) is 21.7 Å². The van der Waals surface area contributed by atoms with E-state index < -0.39 is 23.6 Å². The number of carbonyl (C=O) groups is 3. The number of ether oxygens (including phenoxy) is 1. The van der Waals surface area contributed by atoms with Crippen LogP contribution >= 0.6 is 15.9 Å². The molecule has 0 fully saturated rings. The lowest BCUT2D eigenvalue weighted by Gasteiger charge is -2.06. The summed E-state index contributed by atoms with van der Waals surface area (Å²) in [6, 6.07) is 13.3. The molecule has 1 aromatic heterocycles. The van der Waals surface area contributed by atoms with Gasteiger partial charge in [-0.25, -0.2) is 14.6 Å². The number of carbonyl (C=O) groups excluding carboxylic acids is 3. The summed E-state index contributed by atoms with van der Waals surface area (Å²) in [6.07, 6.45) is 5.45. The van der Waals surface area contributed by atoms with Crippen LogP contribution < -0.4 is 15.5 Å². The number of benzene rings is 2. The average Bonchev–Trinajstić information content (AvgIpc) is 3.31. The van der Waals surface area contributed by atoms with E-state index >= 15 is 0 Å². The lowest BCUT2D eigenvalue weighted by atomic mass is 10.2. The number of halogens is 2. The standard InChI is InChI=1S/C23H17BrFN3O5/c24-17-6-8-20(33-22(30)9-7-19-5-2-10-32-19)16(11-17)13-27-28-21(29)14-26-23(31)15-3-1-4-18(25)12-15/h1-13H,14H2,(H,26,31)(H,28,29)/b9-7+,27-13+. The van der Waals surface area contributed by atoms with Crippen molar-refractivity contribution in [2.75, 3.05) is 6.54 Å². The number of rotatable bonds is 8. The van der Waals surface area contributed by atoms with Crippen LogP contribution in [0.3, 0.4) is 0 Å². The van der Waals surface area contributed by atoms with Crippen molar-refractivity contribution in [2.24, 2.45) is 5.10 Å². The molecule has 168 valence electrons. The van der Waals surface area contributed by atoms with Gasteiger partial charge >= 0.3 is 5.97 Å². The number of hydrogen-bond donors (Lipinski definition) is 2. The number of amides is 2. The lowest BCUT2D eigenvalue weighted by Crippen LogP contribution is -2.34. The molecule has 0 atom stereocenters. The molecule has 3 aromatic rings. The lowest BCUT2D eigenvalue weighted by molar-refractivity contribution is -0.129. The minimum atomic E-state index is -0.632. The Balaban J connectivity index is 1.55. The van der Waals surface area contributed by atoms with Crippen molar-refractivity contribution in [3.63, 3.8) is 0 Å². The number of nitrogens with one attached hydrogen (secondary N) is 2. The Labute approximate surface area is 196 Å². The van der Waals surface area contributed by atoms with Crippen molar-refractivity contribution >= 4 is 46.0 Å². The highest BCUT2D eigenvalue weighted by molar-refractivity contribution is 9.10. The molecule has 33 heavy (non-hydrogen) atoms. The van der Waals surface area contributed by atoms with Gasteiger partial charge in [0.1, 0.15) is 17.3 Å². The minimum Gasteiger partial charge on any atom is -0.465 e. The number of esters is 1. The summed E-state index contributed by atoms with van der Waals surface area (Å²) in [5.41, 5.74) is 2.75. The Morgan fingerprint density at radius 2 is 1.97 bits per heavy atom. The number of nitrogens with zero attached hydrogens (tertiary/aromatic N) is 1. The highest BCUT2D eigenvalue weighted by Gasteiger charge is 2.09. The topological polar surface area (TPSA) is 110 Å². The van der Waals surface area contributed by atoms with Crippen LogP contribution in [0.25, 0.3) is 6.08 Å². The molecule has 0 aliphatic rings. The van der Waals surface area contributed by atoms with E-state index in [-0.39, 0.29) is 17.9 Å². The van der Waals surface area contributed by atoms with E-state index in [0.29, 0.717) is 15.8 Å². The van der Waals surface area contributed by atoms with Crippen molar-refractivity contribution in [2.45, 2.75) is 0 Å². The molecule has 0 radical (unpaired) electrons. The highest BCUT2D eigenvalue weighted by atomic mass is 79.9. The first kappa shape index (κ1) is 23.6. The summed E-state index contributed by atoms with van der Waals surface area (Å²) < 4.78 is 24.3. The van der Waals surface area contributed by atoms with E-state index in [0.717, 1.165) is 6.07 Å². The maximum atomic E-state index is 13.2. The Hall–Kier alpha value is -4.05. The molecule has 2 amide bonds. The van der Waals surface area contributed by atoms with Crippen molar-refractivity contribution in [1.29, 1.82) is 0 Å². The zero-order chi connectivity index (χ0) is 23.6. The molecular formula is C23H17BrFN3O5. The van der Waals surface area contributed by atoms with E-state index in [1.165, 1.54) is 42.8 Å². The van der Waals surface area contributed by atoms with Crippen molar-refractivity contribution in [3.05, 3.63) is 94.1 Å². The van der Waals surface area contributed by atoms with Gasteiger partial charge in [-0.05, 0) is 54.6 Å². The molecule has 8 nitrogen and oxygen atoms in total. The Kier molecular flexibility index (Phi) is 8.25. The van der Waals surface area contributed by atoms with Crippen molar-refractivity contribution in [3.8, 4) is 5.75 Å². The van der Waals surface area contributed by atoms with Crippen LogP contribution in [0.1, 0.15) is 21.7 Å². The van der Waals surface area contributed by atoms with E-state index in [4.69, 9.17) is 9.15 Å². The van der Waals surface area contributed by atoms with Gasteiger partial charge < -0.3 is 14.5 Å². The Morgan fingerprint density at radius 1 is 1.12 bits per heavy atom. The molecule has 2 N–H and O–H groups in total. The molecule has 0 saturated heterocycles. The summed E-state index contributed by atoms with van der Waals surface area (Å²) in [5, 5.41) is 6.18. The fourth-order valence-corrected chi connectivity index (χ4v) is 2.88. The highest BCUT2D eigenvalue weighted by Crippen LogP contribution is 2.22. The fourth-order valence-electron chi connectivity index (χ4n) is 2.50. The molecule has 0 saturated carbocycles. The van der Waals surface area contributed by atoms with Gasteiger partial charge in [-0.3, -0.25) is 9.59 Å². The number of hydrazone groups is 1. The third kappa shape index (κ3) is 7.54. The number of furan rings is 1. The van der Waals surface area contributed by atoms with Crippen LogP contribution in [0.15, 0.2) is 80.9 Å². The van der Waals surface area contributed by atoms with Gasteiger partial charge in [0.2, 0.25) is 0 Å². The first-order chi connectivity index (χ1) is 15.9. The summed E-state index contributed by atoms with van der Waals surface area (Å²) >= 11 is 3.32. The summed E-state index contributed by atoms with van der Waals surface area (Å²) in [4.78, 5) is 36.0. The third-order valence-corrected chi connectivity index (χ3v) is 4.49. The van der Waals surface area contributed by atoms with Crippen LogP contribution in [0.4, 0.5) is 4.39 Å². The maximum Gasteiger partial charge on any atom is 0.336 e. The Bertz CT molecular complexity index is 1210. The predicted molar refractivity (Wildman–Crippen MR) is 122 cm³/mol. The quantitative estimate of drug-likeness (QED) is 0.157. The van der Waals surface area contributed by atoms with Crippen molar-refractivity contribution < 1.29 is 27.9 Å². The summed E-state index contributed by atoms with van der Waals surface area (Å²) in [7, 11) is 0. The Morgan fingerprint density at radius 3 is 2.73 bits per heavy atom. The van der Waals surface area contributed by atoms with Gasteiger partial charge in [0.15, 0.2) is 0 Å². The zero-order valence-electron chi connectivity index (χ0n) is 17.0. The van der Waals surface area contributed by atoms with E-state index in [2.05, 4.69) is 31.8 Å². The second-order valence-corrected chi connectivity index (χ2v) is 7.35. The van der Waals surface area contributed by atoms with E-state index in [9.17, 15) is 18.8 Å². The molecule has 2 aromatic carbocycles. The molecule has 0 aliphatic carbocycles. The fraction of sp³-hybridized carbons (Fsp3) is 0.0435. The molecule has 0 bridgehead atoms. The maximum absolute atomic E-state index is 13.2. The zero-order valence-corrected chi connectivity index (χ0v) is 18.5. The summed E-state index contributed by atoms with van der Waals surface area (Å²) in [5.74, 6) is -1.68. The normalized spacial score (nSPS) is 11.0. The molecule has 3 rings (SSSR count). The van der Waals surface area contributed by atoms with Crippen LogP contribution in [-0.4, -0.2) is 30.5 Å². The number of hydrogen-bond acceptors (Lipinski definition) is 6. The largest absolute Gasteiger partial charge is 0.465 e. The molecule has 0 unspecified atom stereocenters. The van der Waals surface area contributed by atoms with E-state index in [1.807, 2.05) is 0 Å². The predicted octanol–water partition coefficient (Wildman–Crippen LogP) is 3.68. The second kappa shape index (κ2) is 11.5. The first-order valence-corrected chi connectivity index (χ1v) is 10.3. The molecular weight excluding hydrogens is 497 g/mol. The average molecular weight is 514 g/mol. The third-order valence-electron chi connectivity index (χ3n) is 4.00.